The van der Waals surface area contributed by atoms with E-state index in [1.165, 1.54) is 0 Å². The number of hydrogen-bond acceptors (Lipinski definition) is 5. The third kappa shape index (κ3) is 6.39. The highest BCUT2D eigenvalue weighted by atomic mass is 35.5. The number of hydrogen-bond donors (Lipinski definition) is 2. The predicted molar refractivity (Wildman–Crippen MR) is 164 cm³/mol. The van der Waals surface area contributed by atoms with E-state index in [2.05, 4.69) is 28.8 Å². The Balaban J connectivity index is 1.46. The average Bonchev–Trinajstić information content (AvgIpc) is 3.28. The normalized spacial score (nSPS) is 15.0. The highest BCUT2D eigenvalue weighted by molar-refractivity contribution is 6.31. The van der Waals surface area contributed by atoms with Crippen molar-refractivity contribution in [3.8, 4) is 5.88 Å². The maximum absolute atomic E-state index is 13.4. The Morgan fingerprint density at radius 1 is 1.02 bits per heavy atom. The zero-order chi connectivity index (χ0) is 28.1. The Morgan fingerprint density at radius 3 is 2.45 bits per heavy atom. The molecule has 1 amide bonds. The fourth-order valence-electron chi connectivity index (χ4n) is 5.09. The monoisotopic (exact) mass is 557 g/mol. The van der Waals surface area contributed by atoms with Gasteiger partial charge in [0.15, 0.2) is 5.88 Å². The maximum Gasteiger partial charge on any atom is 0.241 e. The quantitative estimate of drug-likeness (QED) is 0.245. The van der Waals surface area contributed by atoms with Crippen molar-refractivity contribution in [3.63, 3.8) is 0 Å². The van der Waals surface area contributed by atoms with Crippen LogP contribution in [0.3, 0.4) is 0 Å². The number of likely N-dealkylation sites (N-methyl/N-ethyl adjacent to an activating group) is 1. The molecular weight excluding hydrogens is 522 g/mol. The average molecular weight is 558 g/mol. The fourth-order valence-corrected chi connectivity index (χ4v) is 5.26. The molecule has 0 radical (unpaired) electrons. The first-order chi connectivity index (χ1) is 19.4. The number of anilines is 1. The fraction of sp³-hybridized carbons (Fsp3) is 0.312. The van der Waals surface area contributed by atoms with Gasteiger partial charge in [-0.25, -0.2) is 4.99 Å². The summed E-state index contributed by atoms with van der Waals surface area (Å²) >= 11 is 6.20. The van der Waals surface area contributed by atoms with Gasteiger partial charge in [-0.05, 0) is 49.9 Å². The first-order valence-corrected chi connectivity index (χ1v) is 14.3. The van der Waals surface area contributed by atoms with E-state index >= 15 is 0 Å². The van der Waals surface area contributed by atoms with Gasteiger partial charge in [0.25, 0.3) is 0 Å². The van der Waals surface area contributed by atoms with E-state index in [0.717, 1.165) is 66.9 Å². The van der Waals surface area contributed by atoms with Crippen LogP contribution in [0.2, 0.25) is 5.02 Å². The van der Waals surface area contributed by atoms with Crippen molar-refractivity contribution in [1.29, 1.82) is 0 Å². The second-order valence-electron chi connectivity index (χ2n) is 10.4. The molecular formula is C32H36ClN5O2. The smallest absolute Gasteiger partial charge is 0.241 e. The zero-order valence-corrected chi connectivity index (χ0v) is 23.9. The van der Waals surface area contributed by atoms with Crippen LogP contribution >= 0.6 is 11.6 Å². The van der Waals surface area contributed by atoms with Crippen molar-refractivity contribution in [2.75, 3.05) is 51.2 Å². The second kappa shape index (κ2) is 12.7. The molecule has 1 fully saturated rings. The van der Waals surface area contributed by atoms with Gasteiger partial charge in [0.2, 0.25) is 5.91 Å². The van der Waals surface area contributed by atoms with Gasteiger partial charge in [-0.1, -0.05) is 61.3 Å². The number of aliphatic imine (C=N–C) groups is 1. The molecule has 7 nitrogen and oxygen atoms in total. The molecule has 2 N–H and O–H groups in total. The third-order valence-electron chi connectivity index (χ3n) is 7.42. The van der Waals surface area contributed by atoms with Crippen LogP contribution in [0.1, 0.15) is 30.9 Å². The Hall–Kier alpha value is -3.65. The lowest BCUT2D eigenvalue weighted by Crippen LogP contribution is -2.49. The second-order valence-corrected chi connectivity index (χ2v) is 10.8. The van der Waals surface area contributed by atoms with E-state index in [1.807, 2.05) is 71.6 Å². The number of fused-ring (bicyclic) bond motifs is 1. The molecule has 0 saturated carbocycles. The summed E-state index contributed by atoms with van der Waals surface area (Å²) in [6.45, 7) is 7.04. The van der Waals surface area contributed by atoms with E-state index < -0.39 is 0 Å². The topological polar surface area (TPSA) is 75.2 Å². The molecule has 0 spiro atoms. The number of piperazine rings is 1. The van der Waals surface area contributed by atoms with E-state index in [1.54, 1.807) is 6.07 Å². The number of unbranched alkanes of at least 4 members (excludes halogenated alkanes) is 1. The molecule has 2 heterocycles. The zero-order valence-electron chi connectivity index (χ0n) is 23.1. The molecule has 1 saturated heterocycles. The first-order valence-electron chi connectivity index (χ1n) is 13.9. The van der Waals surface area contributed by atoms with E-state index in [0.29, 0.717) is 29.4 Å². The van der Waals surface area contributed by atoms with Crippen LogP contribution in [0.5, 0.6) is 5.88 Å². The highest BCUT2D eigenvalue weighted by Crippen LogP contribution is 2.33. The number of carbonyl (C=O) groups is 1. The van der Waals surface area contributed by atoms with Crippen LogP contribution in [0.4, 0.5) is 11.4 Å². The minimum absolute atomic E-state index is 0.0386. The summed E-state index contributed by atoms with van der Waals surface area (Å²) in [6.07, 6.45) is 1.96. The number of carbonyl (C=O) groups excluding carboxylic acids is 1. The third-order valence-corrected chi connectivity index (χ3v) is 7.65. The van der Waals surface area contributed by atoms with Crippen LogP contribution in [0.25, 0.3) is 10.9 Å². The summed E-state index contributed by atoms with van der Waals surface area (Å²) in [7, 11) is 2.12. The lowest BCUT2D eigenvalue weighted by atomic mass is 10.0. The molecule has 208 valence electrons. The Labute approximate surface area is 240 Å². The molecule has 8 heteroatoms. The van der Waals surface area contributed by atoms with E-state index in [9.17, 15) is 9.90 Å². The molecule has 5 rings (SSSR count). The molecule has 4 aromatic rings. The summed E-state index contributed by atoms with van der Waals surface area (Å²) < 4.78 is 0. The van der Waals surface area contributed by atoms with Crippen LogP contribution in [-0.4, -0.2) is 77.8 Å². The Kier molecular flexibility index (Phi) is 8.85. The van der Waals surface area contributed by atoms with Gasteiger partial charge < -0.3 is 19.9 Å². The van der Waals surface area contributed by atoms with Crippen molar-refractivity contribution < 1.29 is 9.90 Å². The van der Waals surface area contributed by atoms with Crippen LogP contribution in [0.15, 0.2) is 77.8 Å². The number of aromatic hydroxyl groups is 1. The van der Waals surface area contributed by atoms with Gasteiger partial charge in [0.1, 0.15) is 0 Å². The van der Waals surface area contributed by atoms with E-state index in [4.69, 9.17) is 16.6 Å². The summed E-state index contributed by atoms with van der Waals surface area (Å²) in [4.78, 5) is 27.9. The van der Waals surface area contributed by atoms with E-state index in [-0.39, 0.29) is 11.8 Å². The molecule has 1 aliphatic rings. The molecule has 1 aliphatic heterocycles. The molecule has 0 unspecified atom stereocenters. The number of amides is 1. The summed E-state index contributed by atoms with van der Waals surface area (Å²) in [5, 5.41) is 12.3. The van der Waals surface area contributed by atoms with Crippen molar-refractivity contribution in [3.05, 3.63) is 88.9 Å². The van der Waals surface area contributed by atoms with Crippen molar-refractivity contribution in [1.82, 2.24) is 14.8 Å². The minimum Gasteiger partial charge on any atom is -0.494 e. The molecule has 3 aromatic carbocycles. The van der Waals surface area contributed by atoms with Crippen LogP contribution in [-0.2, 0) is 4.79 Å². The highest BCUT2D eigenvalue weighted by Gasteiger charge is 2.22. The van der Waals surface area contributed by atoms with Gasteiger partial charge >= 0.3 is 0 Å². The molecule has 0 atom stereocenters. The number of H-pyrrole nitrogens is 1. The molecule has 40 heavy (non-hydrogen) atoms. The number of nitrogens with one attached hydrogen (secondary N) is 1. The predicted octanol–water partition coefficient (Wildman–Crippen LogP) is 6.08. The first kappa shape index (κ1) is 27.9. The number of aromatic nitrogens is 1. The van der Waals surface area contributed by atoms with Crippen molar-refractivity contribution >= 4 is 45.5 Å². The Bertz CT molecular complexity index is 1470. The van der Waals surface area contributed by atoms with Crippen LogP contribution < -0.4 is 4.90 Å². The SMILES string of the molecule is CCCCN(C(=O)CN1CCN(C)CC1)c1ccc(N=C(c2ccccc2)c2c(O)[nH]c3cc(Cl)ccc23)cc1. The number of benzene rings is 3. The van der Waals surface area contributed by atoms with Crippen molar-refractivity contribution in [2.45, 2.75) is 19.8 Å². The number of nitrogens with zero attached hydrogens (tertiary/aromatic N) is 4. The van der Waals surface area contributed by atoms with Crippen molar-refractivity contribution in [2.24, 2.45) is 4.99 Å². The number of halogens is 1. The van der Waals surface area contributed by atoms with Gasteiger partial charge in [-0.3, -0.25) is 9.69 Å². The lowest BCUT2D eigenvalue weighted by molar-refractivity contribution is -0.120. The maximum atomic E-state index is 13.4. The molecule has 1 aromatic heterocycles. The number of aromatic amines is 1. The lowest BCUT2D eigenvalue weighted by Gasteiger charge is -2.33. The summed E-state index contributed by atoms with van der Waals surface area (Å²) in [5.41, 5.74) is 4.49. The standard InChI is InChI=1S/C32H36ClN5O2/c1-3-4-16-38(29(39)22-37-19-17-36(2)18-20-37)26-13-11-25(12-14-26)34-31(23-8-6-5-7-9-23)30-27-15-10-24(33)21-28(27)35-32(30)40/h5-15,21,35,40H,3-4,16-20,22H2,1-2H3. The van der Waals surface area contributed by atoms with Crippen LogP contribution in [0, 0.1) is 0 Å². The molecule has 0 aliphatic carbocycles. The summed E-state index contributed by atoms with van der Waals surface area (Å²) in [6, 6.07) is 23.1. The Morgan fingerprint density at radius 2 is 1.75 bits per heavy atom. The van der Waals surface area contributed by atoms with Gasteiger partial charge in [0.05, 0.1) is 29.0 Å². The summed E-state index contributed by atoms with van der Waals surface area (Å²) in [5.74, 6) is 0.165. The minimum atomic E-state index is 0.0386. The number of rotatable bonds is 9. The largest absolute Gasteiger partial charge is 0.494 e. The van der Waals surface area contributed by atoms with Gasteiger partial charge in [0, 0.05) is 54.4 Å². The molecule has 0 bridgehead atoms. The van der Waals surface area contributed by atoms with Gasteiger partial charge in [-0.2, -0.15) is 0 Å². The van der Waals surface area contributed by atoms with Gasteiger partial charge in [-0.15, -0.1) is 0 Å².